The zero-order valence-electron chi connectivity index (χ0n) is 12.6. The number of nitrogens with zero attached hydrogens (tertiary/aromatic N) is 2. The number of rotatable bonds is 4. The zero-order chi connectivity index (χ0) is 16.3. The minimum Gasteiger partial charge on any atom is -0.340 e. The lowest BCUT2D eigenvalue weighted by molar-refractivity contribution is -0.130. The highest BCUT2D eigenvalue weighted by atomic mass is 32.2. The first kappa shape index (κ1) is 16.1. The molecule has 2 heterocycles. The van der Waals surface area contributed by atoms with Gasteiger partial charge in [0.25, 0.3) is 0 Å². The fourth-order valence-electron chi connectivity index (χ4n) is 2.51. The van der Waals surface area contributed by atoms with Gasteiger partial charge in [-0.25, -0.2) is 13.4 Å². The Morgan fingerprint density at radius 3 is 2.57 bits per heavy atom. The monoisotopic (exact) mass is 350 g/mol. The maximum atomic E-state index is 12.2. The van der Waals surface area contributed by atoms with Crippen molar-refractivity contribution >= 4 is 27.1 Å². The molecule has 0 aliphatic carbocycles. The summed E-state index contributed by atoms with van der Waals surface area (Å²) in [5.41, 5.74) is 1.96. The van der Waals surface area contributed by atoms with E-state index in [9.17, 15) is 13.2 Å². The van der Waals surface area contributed by atoms with Crippen LogP contribution in [0.15, 0.2) is 35.7 Å². The number of hydrogen-bond donors (Lipinski definition) is 0. The average molecular weight is 350 g/mol. The molecule has 1 aliphatic heterocycles. The van der Waals surface area contributed by atoms with Crippen LogP contribution in [0.3, 0.4) is 0 Å². The molecule has 1 aromatic heterocycles. The molecule has 1 fully saturated rings. The summed E-state index contributed by atoms with van der Waals surface area (Å²) >= 11 is 1.56. The number of benzene rings is 1. The third kappa shape index (κ3) is 4.39. The van der Waals surface area contributed by atoms with Gasteiger partial charge >= 0.3 is 0 Å². The highest BCUT2D eigenvalue weighted by Gasteiger charge is 2.25. The van der Waals surface area contributed by atoms with E-state index in [2.05, 4.69) is 17.1 Å². The van der Waals surface area contributed by atoms with Crippen LogP contribution in [0.2, 0.25) is 0 Å². The molecule has 1 saturated heterocycles. The Balaban J connectivity index is 1.57. The molecular formula is C16H18N2O3S2. The number of amides is 1. The molecule has 2 aromatic rings. The van der Waals surface area contributed by atoms with Crippen molar-refractivity contribution in [3.63, 3.8) is 0 Å². The van der Waals surface area contributed by atoms with Crippen LogP contribution in [0.1, 0.15) is 16.3 Å². The molecule has 1 amide bonds. The fourth-order valence-corrected chi connectivity index (χ4v) is 4.54. The second-order valence-corrected chi connectivity index (χ2v) is 8.85. The quantitative estimate of drug-likeness (QED) is 0.839. The Bertz CT molecular complexity index is 771. The summed E-state index contributed by atoms with van der Waals surface area (Å²) in [6.07, 6.45) is 1.01. The second-order valence-electron chi connectivity index (χ2n) is 5.60. The van der Waals surface area contributed by atoms with Crippen molar-refractivity contribution < 1.29 is 13.2 Å². The lowest BCUT2D eigenvalue weighted by Gasteiger charge is -2.26. The van der Waals surface area contributed by atoms with Gasteiger partial charge < -0.3 is 4.90 Å². The first-order valence-electron chi connectivity index (χ1n) is 7.47. The van der Waals surface area contributed by atoms with Gasteiger partial charge in [-0.1, -0.05) is 30.3 Å². The van der Waals surface area contributed by atoms with E-state index in [4.69, 9.17) is 0 Å². The summed E-state index contributed by atoms with van der Waals surface area (Å²) in [5, 5.41) is 2.90. The van der Waals surface area contributed by atoms with Crippen molar-refractivity contribution in [2.75, 3.05) is 24.6 Å². The van der Waals surface area contributed by atoms with Gasteiger partial charge in [-0.3, -0.25) is 4.79 Å². The van der Waals surface area contributed by atoms with Crippen LogP contribution in [-0.4, -0.2) is 48.8 Å². The van der Waals surface area contributed by atoms with Gasteiger partial charge in [0.2, 0.25) is 5.91 Å². The summed E-state index contributed by atoms with van der Waals surface area (Å²) in [7, 11) is -2.96. The molecule has 0 N–H and O–H groups in total. The van der Waals surface area contributed by atoms with Crippen LogP contribution in [0.4, 0.5) is 0 Å². The SMILES string of the molecule is O=C(Cc1csc(Cc2ccccc2)n1)N1CCS(=O)(=O)CC1. The molecule has 0 saturated carbocycles. The first-order chi connectivity index (χ1) is 11.0. The molecule has 3 rings (SSSR count). The van der Waals surface area contributed by atoms with Crippen LogP contribution in [-0.2, 0) is 27.5 Å². The molecule has 0 radical (unpaired) electrons. The van der Waals surface area contributed by atoms with Crippen molar-refractivity contribution in [1.29, 1.82) is 0 Å². The zero-order valence-corrected chi connectivity index (χ0v) is 14.3. The Hall–Kier alpha value is -1.73. The maximum absolute atomic E-state index is 12.2. The minimum atomic E-state index is -2.96. The van der Waals surface area contributed by atoms with Gasteiger partial charge in [-0.05, 0) is 5.56 Å². The number of carbonyl (C=O) groups excluding carboxylic acids is 1. The third-order valence-corrected chi connectivity index (χ3v) is 6.33. The highest BCUT2D eigenvalue weighted by Crippen LogP contribution is 2.16. The first-order valence-corrected chi connectivity index (χ1v) is 10.2. The van der Waals surface area contributed by atoms with Crippen molar-refractivity contribution in [1.82, 2.24) is 9.88 Å². The molecule has 0 unspecified atom stereocenters. The molecule has 1 aliphatic rings. The van der Waals surface area contributed by atoms with Crippen LogP contribution in [0.5, 0.6) is 0 Å². The normalized spacial score (nSPS) is 17.1. The van der Waals surface area contributed by atoms with Gasteiger partial charge in [0.05, 0.1) is 28.6 Å². The number of carbonyl (C=O) groups is 1. The largest absolute Gasteiger partial charge is 0.340 e. The average Bonchev–Trinajstić information content (AvgIpc) is 2.95. The lowest BCUT2D eigenvalue weighted by Crippen LogP contribution is -2.44. The van der Waals surface area contributed by atoms with Gasteiger partial charge in [-0.15, -0.1) is 11.3 Å². The minimum absolute atomic E-state index is 0.0449. The summed E-state index contributed by atoms with van der Waals surface area (Å²) in [6, 6.07) is 10.1. The molecule has 0 atom stereocenters. The Kier molecular flexibility index (Phi) is 4.77. The van der Waals surface area contributed by atoms with Crippen LogP contribution < -0.4 is 0 Å². The molecule has 7 heteroatoms. The van der Waals surface area contributed by atoms with E-state index < -0.39 is 9.84 Å². The van der Waals surface area contributed by atoms with Crippen molar-refractivity contribution in [2.45, 2.75) is 12.8 Å². The van der Waals surface area contributed by atoms with E-state index in [-0.39, 0.29) is 23.8 Å². The molecule has 122 valence electrons. The predicted molar refractivity (Wildman–Crippen MR) is 90.3 cm³/mol. The standard InChI is InChI=1S/C16H18N2O3S2/c19-16(18-6-8-23(20,21)9-7-18)11-14-12-22-15(17-14)10-13-4-2-1-3-5-13/h1-5,12H,6-11H2. The van der Waals surface area contributed by atoms with Crippen molar-refractivity contribution in [3.8, 4) is 0 Å². The van der Waals surface area contributed by atoms with Crippen molar-refractivity contribution in [2.24, 2.45) is 0 Å². The number of aromatic nitrogens is 1. The molecular weight excluding hydrogens is 332 g/mol. The van der Waals surface area contributed by atoms with E-state index in [0.717, 1.165) is 17.1 Å². The molecule has 0 bridgehead atoms. The van der Waals surface area contributed by atoms with E-state index >= 15 is 0 Å². The fraction of sp³-hybridized carbons (Fsp3) is 0.375. The third-order valence-electron chi connectivity index (χ3n) is 3.83. The van der Waals surface area contributed by atoms with Crippen LogP contribution >= 0.6 is 11.3 Å². The summed E-state index contributed by atoms with van der Waals surface area (Å²) in [4.78, 5) is 18.4. The number of thiazole rings is 1. The van der Waals surface area contributed by atoms with Gasteiger partial charge in [0.15, 0.2) is 9.84 Å². The van der Waals surface area contributed by atoms with E-state index in [1.807, 2.05) is 23.6 Å². The van der Waals surface area contributed by atoms with Crippen molar-refractivity contribution in [3.05, 3.63) is 52.0 Å². The summed E-state index contributed by atoms with van der Waals surface area (Å²) in [6.45, 7) is 0.588. The van der Waals surface area contributed by atoms with E-state index in [0.29, 0.717) is 13.1 Å². The maximum Gasteiger partial charge on any atom is 0.228 e. The summed E-state index contributed by atoms with van der Waals surface area (Å²) < 4.78 is 22.8. The molecule has 5 nitrogen and oxygen atoms in total. The predicted octanol–water partition coefficient (Wildman–Crippen LogP) is 1.53. The van der Waals surface area contributed by atoms with Crippen LogP contribution in [0.25, 0.3) is 0 Å². The van der Waals surface area contributed by atoms with Crippen LogP contribution in [0, 0.1) is 0 Å². The highest BCUT2D eigenvalue weighted by molar-refractivity contribution is 7.91. The second kappa shape index (κ2) is 6.80. The molecule has 0 spiro atoms. The smallest absolute Gasteiger partial charge is 0.228 e. The summed E-state index contributed by atoms with van der Waals surface area (Å²) in [5.74, 6) is 0.0841. The molecule has 1 aromatic carbocycles. The Morgan fingerprint density at radius 1 is 1.17 bits per heavy atom. The van der Waals surface area contributed by atoms with E-state index in [1.165, 1.54) is 5.56 Å². The van der Waals surface area contributed by atoms with E-state index in [1.54, 1.807) is 16.2 Å². The van der Waals surface area contributed by atoms with Gasteiger partial charge in [0.1, 0.15) is 0 Å². The Morgan fingerprint density at radius 2 is 1.87 bits per heavy atom. The number of sulfone groups is 1. The molecule has 23 heavy (non-hydrogen) atoms. The van der Waals surface area contributed by atoms with Gasteiger partial charge in [-0.2, -0.15) is 0 Å². The Labute approximate surface area is 139 Å². The topological polar surface area (TPSA) is 67.3 Å². The lowest BCUT2D eigenvalue weighted by atomic mass is 10.2. The van der Waals surface area contributed by atoms with Gasteiger partial charge in [0, 0.05) is 24.9 Å². The number of hydrogen-bond acceptors (Lipinski definition) is 5.